The molecule has 0 aliphatic heterocycles. The van der Waals surface area contributed by atoms with Crippen LogP contribution in [0.3, 0.4) is 0 Å². The van der Waals surface area contributed by atoms with Gasteiger partial charge in [0, 0.05) is 24.0 Å². The predicted octanol–water partition coefficient (Wildman–Crippen LogP) is 2.87. The van der Waals surface area contributed by atoms with Gasteiger partial charge in [-0.25, -0.2) is 13.8 Å². The summed E-state index contributed by atoms with van der Waals surface area (Å²) < 4.78 is 32.7. The lowest BCUT2D eigenvalue weighted by atomic mass is 10.2. The molecule has 3 aromatic rings. The molecule has 0 aliphatic rings. The highest BCUT2D eigenvalue weighted by Crippen LogP contribution is 2.26. The Hall–Kier alpha value is -4.54. The Balaban J connectivity index is 1.57. The number of nitrogens with one attached hydrogen (secondary N) is 3. The molecule has 0 spiro atoms. The first-order chi connectivity index (χ1) is 15.3. The van der Waals surface area contributed by atoms with E-state index in [-0.39, 0.29) is 23.0 Å². The summed E-state index contributed by atoms with van der Waals surface area (Å²) in [5.74, 6) is -2.50. The van der Waals surface area contributed by atoms with Crippen molar-refractivity contribution in [3.8, 4) is 11.5 Å². The fraction of sp³-hybridized carbons (Fsp3) is 0.0476. The third-order valence-corrected chi connectivity index (χ3v) is 3.86. The summed E-state index contributed by atoms with van der Waals surface area (Å²) >= 11 is 0. The zero-order chi connectivity index (χ0) is 23.1. The van der Waals surface area contributed by atoms with Crippen molar-refractivity contribution in [2.45, 2.75) is 6.42 Å². The fourth-order valence-electron chi connectivity index (χ4n) is 2.52. The molecule has 0 atom stereocenters. The molecule has 3 N–H and O–H groups in total. The zero-order valence-electron chi connectivity index (χ0n) is 16.2. The van der Waals surface area contributed by atoms with Crippen LogP contribution >= 0.6 is 0 Å². The molecule has 0 fully saturated rings. The number of carbonyl (C=O) groups is 3. The Morgan fingerprint density at radius 2 is 1.56 bits per heavy atom. The van der Waals surface area contributed by atoms with Gasteiger partial charge in [0.05, 0.1) is 5.69 Å². The third-order valence-electron chi connectivity index (χ3n) is 3.86. The lowest BCUT2D eigenvalue weighted by Gasteiger charge is -2.11. The number of anilines is 3. The molecule has 0 bridgehead atoms. The van der Waals surface area contributed by atoms with Gasteiger partial charge in [0.25, 0.3) is 0 Å². The number of rotatable bonds is 7. The van der Waals surface area contributed by atoms with Crippen LogP contribution in [0.5, 0.6) is 11.5 Å². The molecule has 3 amide bonds. The molecule has 164 valence electrons. The van der Waals surface area contributed by atoms with Gasteiger partial charge < -0.3 is 30.6 Å². The van der Waals surface area contributed by atoms with Gasteiger partial charge in [-0.1, -0.05) is 0 Å². The van der Waals surface area contributed by atoms with E-state index >= 15 is 0 Å². The number of halogens is 2. The van der Waals surface area contributed by atoms with Crippen LogP contribution in [0.25, 0.3) is 0 Å². The van der Waals surface area contributed by atoms with Crippen molar-refractivity contribution in [1.82, 2.24) is 4.98 Å². The minimum atomic E-state index is -1.55. The summed E-state index contributed by atoms with van der Waals surface area (Å²) in [6, 6.07) is 11.3. The normalized spacial score (nSPS) is 10.2. The van der Waals surface area contributed by atoms with Crippen molar-refractivity contribution < 1.29 is 33.0 Å². The van der Waals surface area contributed by atoms with E-state index in [0.717, 1.165) is 18.2 Å². The number of ether oxygens (including phenoxy) is 1. The lowest BCUT2D eigenvalue weighted by molar-refractivity contribution is -0.242. The zero-order valence-corrected chi connectivity index (χ0v) is 16.2. The summed E-state index contributed by atoms with van der Waals surface area (Å²) in [5.41, 5.74) is 0.136. The summed E-state index contributed by atoms with van der Waals surface area (Å²) in [5, 5.41) is 17.2. The first-order valence-electron chi connectivity index (χ1n) is 9.05. The van der Waals surface area contributed by atoms with Crippen molar-refractivity contribution in [3.63, 3.8) is 0 Å². The Bertz CT molecular complexity index is 1160. The van der Waals surface area contributed by atoms with Gasteiger partial charge in [0.15, 0.2) is 0 Å². The van der Waals surface area contributed by atoms with E-state index in [9.17, 15) is 28.3 Å². The Morgan fingerprint density at radius 1 is 0.875 bits per heavy atom. The van der Waals surface area contributed by atoms with Crippen LogP contribution in [-0.2, 0) is 9.59 Å². The van der Waals surface area contributed by atoms with E-state index in [1.54, 1.807) is 0 Å². The van der Waals surface area contributed by atoms with Crippen LogP contribution in [-0.4, -0.2) is 22.9 Å². The molecule has 32 heavy (non-hydrogen) atoms. The van der Waals surface area contributed by atoms with Crippen LogP contribution in [0.4, 0.5) is 30.8 Å². The van der Waals surface area contributed by atoms with E-state index in [0.29, 0.717) is 5.69 Å². The summed E-state index contributed by atoms with van der Waals surface area (Å²) in [6.45, 7) is 0. The molecule has 3 rings (SSSR count). The number of pyridine rings is 1. The first-order valence-corrected chi connectivity index (χ1v) is 9.05. The number of hydrogen-bond donors (Lipinski definition) is 3. The highest BCUT2D eigenvalue weighted by atomic mass is 19.1. The van der Waals surface area contributed by atoms with Gasteiger partial charge in [0.2, 0.25) is 11.8 Å². The number of amides is 3. The molecule has 9 nitrogen and oxygen atoms in total. The maximum atomic E-state index is 14.3. The second kappa shape index (κ2) is 9.98. The average molecular weight is 441 g/mol. The molecule has 0 aliphatic carbocycles. The van der Waals surface area contributed by atoms with Crippen molar-refractivity contribution >= 4 is 35.1 Å². The smallest absolute Gasteiger partial charge is 0.233 e. The van der Waals surface area contributed by atoms with E-state index in [1.807, 2.05) is 5.32 Å². The van der Waals surface area contributed by atoms with Crippen molar-refractivity contribution in [3.05, 3.63) is 72.4 Å². The summed E-state index contributed by atoms with van der Waals surface area (Å²) in [4.78, 5) is 38.2. The van der Waals surface area contributed by atoms with Crippen LogP contribution in [0.2, 0.25) is 0 Å². The van der Waals surface area contributed by atoms with Gasteiger partial charge >= 0.3 is 0 Å². The molecular formula is C21H15F2N4O5-. The summed E-state index contributed by atoms with van der Waals surface area (Å²) in [6.07, 6.45) is -0.852. The number of aromatic nitrogens is 1. The molecule has 0 saturated carbocycles. The second-order valence-corrected chi connectivity index (χ2v) is 6.31. The van der Waals surface area contributed by atoms with Crippen molar-refractivity contribution in [2.24, 2.45) is 0 Å². The molecule has 11 heteroatoms. The van der Waals surface area contributed by atoms with Crippen LogP contribution in [0.1, 0.15) is 6.42 Å². The topological polar surface area (TPSA) is 132 Å². The Morgan fingerprint density at radius 3 is 2.25 bits per heavy atom. The predicted molar refractivity (Wildman–Crippen MR) is 108 cm³/mol. The first kappa shape index (κ1) is 22.2. The molecule has 0 unspecified atom stereocenters. The SMILES string of the molecule is O=C([O-])Nc1cc(Oc2ccc(NC(=O)CC(=O)Nc3ccc(F)cc3)c(F)c2)ccn1. The largest absolute Gasteiger partial charge is 0.530 e. The molecule has 1 aromatic heterocycles. The van der Waals surface area contributed by atoms with Gasteiger partial charge in [-0.2, -0.15) is 0 Å². The van der Waals surface area contributed by atoms with Gasteiger partial charge in [-0.05, 0) is 42.5 Å². The van der Waals surface area contributed by atoms with Gasteiger partial charge in [-0.15, -0.1) is 0 Å². The number of carbonyl (C=O) groups excluding carboxylic acids is 3. The highest BCUT2D eigenvalue weighted by Gasteiger charge is 2.13. The highest BCUT2D eigenvalue weighted by molar-refractivity contribution is 6.08. The van der Waals surface area contributed by atoms with Crippen LogP contribution in [0.15, 0.2) is 60.8 Å². The Kier molecular flexibility index (Phi) is 6.91. The fourth-order valence-corrected chi connectivity index (χ4v) is 2.52. The van der Waals surface area contributed by atoms with E-state index in [1.165, 1.54) is 42.6 Å². The number of hydrogen-bond acceptors (Lipinski definition) is 6. The maximum absolute atomic E-state index is 14.3. The second-order valence-electron chi connectivity index (χ2n) is 6.31. The third kappa shape index (κ3) is 6.49. The van der Waals surface area contributed by atoms with Crippen LogP contribution in [0, 0.1) is 11.6 Å². The maximum Gasteiger partial charge on any atom is 0.233 e. The minimum absolute atomic E-state index is 0.0363. The van der Waals surface area contributed by atoms with Gasteiger partial charge in [0.1, 0.15) is 41.5 Å². The lowest BCUT2D eigenvalue weighted by Crippen LogP contribution is -2.29. The van der Waals surface area contributed by atoms with E-state index < -0.39 is 36.0 Å². The monoisotopic (exact) mass is 441 g/mol. The van der Waals surface area contributed by atoms with Gasteiger partial charge in [-0.3, -0.25) is 9.59 Å². The minimum Gasteiger partial charge on any atom is -0.530 e. The quantitative estimate of drug-likeness (QED) is 0.483. The standard InChI is InChI=1S/C21H16F2N4O5/c22-12-1-3-13(4-2-12)25-19(28)11-20(29)26-17-6-5-14(9-16(17)23)32-15-7-8-24-18(10-15)27-21(30)31/h1-10H,11H2,(H,24,27)(H,25,28)(H,26,29)(H,30,31)/p-1. The molecule has 2 aromatic carbocycles. The Labute approximate surface area is 180 Å². The number of carboxylic acid groups (broad SMARTS) is 1. The number of benzene rings is 2. The molecular weight excluding hydrogens is 426 g/mol. The van der Waals surface area contributed by atoms with E-state index in [2.05, 4.69) is 15.6 Å². The molecule has 0 saturated heterocycles. The van der Waals surface area contributed by atoms with Crippen molar-refractivity contribution in [2.75, 3.05) is 16.0 Å². The van der Waals surface area contributed by atoms with Crippen LogP contribution < -0.4 is 25.8 Å². The average Bonchev–Trinajstić information content (AvgIpc) is 2.71. The molecule has 0 radical (unpaired) electrons. The van der Waals surface area contributed by atoms with Crippen molar-refractivity contribution in [1.29, 1.82) is 0 Å². The van der Waals surface area contributed by atoms with E-state index in [4.69, 9.17) is 4.74 Å². The summed E-state index contributed by atoms with van der Waals surface area (Å²) in [7, 11) is 0. The molecule has 1 heterocycles. The number of nitrogens with zero attached hydrogens (tertiary/aromatic N) is 1.